The van der Waals surface area contributed by atoms with E-state index in [-0.39, 0.29) is 45.0 Å². The fourth-order valence-electron chi connectivity index (χ4n) is 6.23. The van der Waals surface area contributed by atoms with Crippen molar-refractivity contribution in [3.8, 4) is 11.5 Å². The molecule has 12 heteroatoms. The first-order chi connectivity index (χ1) is 21.8. The van der Waals surface area contributed by atoms with Gasteiger partial charge in [0.1, 0.15) is 26.5 Å². The van der Waals surface area contributed by atoms with Crippen LogP contribution in [-0.4, -0.2) is 21.4 Å². The number of fused-ring (bicyclic) bond motifs is 6. The summed E-state index contributed by atoms with van der Waals surface area (Å²) in [6, 6.07) is 26.1. The Hall–Kier alpha value is -3.68. The number of hydrogen-bond donors (Lipinski definition) is 2. The maximum Gasteiger partial charge on any atom is 1.00 e. The van der Waals surface area contributed by atoms with E-state index >= 15 is 0 Å². The predicted molar refractivity (Wildman–Crippen MR) is 174 cm³/mol. The van der Waals surface area contributed by atoms with Gasteiger partial charge in [-0.15, -0.1) is 0 Å². The SMILES string of the molecule is Cc1ccc(Nc2ccc3c(c2)Oc2cc(Nc4c(S(=O)(=O)[O-])ccc(C)c4C)ccc2C32OS(=O)(=O)c3ccccc32)c(C)c1.[Na+]. The molecule has 0 saturated heterocycles. The predicted octanol–water partition coefficient (Wildman–Crippen LogP) is 4.43. The fraction of sp³-hybridized carbons (Fsp3) is 0.143. The van der Waals surface area contributed by atoms with Gasteiger partial charge in [-0.25, -0.2) is 12.6 Å². The van der Waals surface area contributed by atoms with E-state index < -0.39 is 25.8 Å². The molecule has 1 atom stereocenters. The second-order valence-electron chi connectivity index (χ2n) is 11.6. The minimum atomic E-state index is -4.79. The van der Waals surface area contributed by atoms with E-state index in [0.29, 0.717) is 45.1 Å². The molecule has 0 aliphatic carbocycles. The first-order valence-electron chi connectivity index (χ1n) is 14.5. The summed E-state index contributed by atoms with van der Waals surface area (Å²) in [4.78, 5) is -0.313. The average Bonchev–Trinajstić information content (AvgIpc) is 3.23. The van der Waals surface area contributed by atoms with Gasteiger partial charge in [-0.2, -0.15) is 8.42 Å². The molecule has 1 spiro atoms. The molecule has 0 bridgehead atoms. The van der Waals surface area contributed by atoms with E-state index in [1.54, 1.807) is 61.5 Å². The van der Waals surface area contributed by atoms with Gasteiger partial charge in [0.2, 0.25) is 0 Å². The number of anilines is 4. The third kappa shape index (κ3) is 5.55. The van der Waals surface area contributed by atoms with Crippen LogP contribution in [0.2, 0.25) is 0 Å². The molecule has 0 saturated carbocycles. The molecule has 2 N–H and O–H groups in total. The third-order valence-electron chi connectivity index (χ3n) is 8.61. The molecule has 0 fully saturated rings. The second kappa shape index (κ2) is 11.8. The Labute approximate surface area is 296 Å². The van der Waals surface area contributed by atoms with Gasteiger partial charge >= 0.3 is 29.6 Å². The molecule has 7 rings (SSSR count). The summed E-state index contributed by atoms with van der Waals surface area (Å²) in [6.45, 7) is 7.58. The number of rotatable bonds is 5. The molecule has 5 aromatic rings. The van der Waals surface area contributed by atoms with Crippen LogP contribution in [0.3, 0.4) is 0 Å². The van der Waals surface area contributed by atoms with Crippen LogP contribution in [0.4, 0.5) is 22.7 Å². The van der Waals surface area contributed by atoms with E-state index in [0.717, 1.165) is 22.4 Å². The van der Waals surface area contributed by atoms with Gasteiger partial charge in [-0.1, -0.05) is 42.0 Å². The van der Waals surface area contributed by atoms with E-state index in [9.17, 15) is 21.4 Å². The molecule has 1 unspecified atom stereocenters. The molecule has 9 nitrogen and oxygen atoms in total. The van der Waals surface area contributed by atoms with Gasteiger partial charge in [0.05, 0.1) is 10.6 Å². The van der Waals surface area contributed by atoms with Crippen LogP contribution in [0.1, 0.15) is 38.9 Å². The third-order valence-corrected chi connectivity index (χ3v) is 10.9. The summed E-state index contributed by atoms with van der Waals surface area (Å²) in [6.07, 6.45) is 0. The molecule has 2 heterocycles. The van der Waals surface area contributed by atoms with Crippen molar-refractivity contribution in [3.05, 3.63) is 130 Å². The Morgan fingerprint density at radius 1 is 0.723 bits per heavy atom. The number of aryl methyl sites for hydroxylation is 3. The minimum absolute atomic E-state index is 0. The van der Waals surface area contributed by atoms with Gasteiger partial charge in [0.25, 0.3) is 10.1 Å². The van der Waals surface area contributed by atoms with Crippen LogP contribution < -0.4 is 44.9 Å². The van der Waals surface area contributed by atoms with Gasteiger partial charge < -0.3 is 19.9 Å². The molecule has 5 aromatic carbocycles. The maximum atomic E-state index is 13.5. The summed E-state index contributed by atoms with van der Waals surface area (Å²) < 4.78 is 75.8. The van der Waals surface area contributed by atoms with Gasteiger partial charge in [-0.05, 0) is 86.8 Å². The van der Waals surface area contributed by atoms with E-state index in [1.165, 1.54) is 12.1 Å². The van der Waals surface area contributed by atoms with Crippen molar-refractivity contribution < 1.29 is 59.9 Å². The van der Waals surface area contributed by atoms with Crippen LogP contribution >= 0.6 is 0 Å². The van der Waals surface area contributed by atoms with Crippen LogP contribution in [0.5, 0.6) is 11.5 Å². The van der Waals surface area contributed by atoms with Crippen molar-refractivity contribution in [1.29, 1.82) is 0 Å². The van der Waals surface area contributed by atoms with E-state index in [2.05, 4.69) is 16.7 Å². The Kier molecular flexibility index (Phi) is 8.33. The van der Waals surface area contributed by atoms with Crippen molar-refractivity contribution in [2.24, 2.45) is 0 Å². The Morgan fingerprint density at radius 2 is 1.36 bits per heavy atom. The molecule has 0 radical (unpaired) electrons. The van der Waals surface area contributed by atoms with Crippen molar-refractivity contribution in [2.75, 3.05) is 10.6 Å². The molecular formula is C35H29N2NaO7S2. The molecule has 2 aliphatic rings. The maximum absolute atomic E-state index is 13.5. The van der Waals surface area contributed by atoms with E-state index in [4.69, 9.17) is 8.92 Å². The zero-order valence-electron chi connectivity index (χ0n) is 26.3. The summed E-state index contributed by atoms with van der Waals surface area (Å²) in [5.41, 5.74) is 5.66. The zero-order valence-corrected chi connectivity index (χ0v) is 30.0. The Morgan fingerprint density at radius 3 is 2.00 bits per heavy atom. The molecule has 0 aromatic heterocycles. The molecular weight excluding hydrogens is 648 g/mol. The van der Waals surface area contributed by atoms with Crippen LogP contribution in [-0.2, 0) is 30.0 Å². The summed E-state index contributed by atoms with van der Waals surface area (Å²) >= 11 is 0. The minimum Gasteiger partial charge on any atom is -0.744 e. The number of hydrogen-bond acceptors (Lipinski definition) is 9. The quantitative estimate of drug-likeness (QED) is 0.158. The van der Waals surface area contributed by atoms with Crippen LogP contribution in [0.25, 0.3) is 0 Å². The molecule has 0 amide bonds. The van der Waals surface area contributed by atoms with Gasteiger partial charge in [0, 0.05) is 45.9 Å². The number of nitrogens with one attached hydrogen (secondary N) is 2. The smallest absolute Gasteiger partial charge is 0.744 e. The summed E-state index contributed by atoms with van der Waals surface area (Å²) in [5.74, 6) is 0.672. The Balaban J connectivity index is 0.00000386. The standard InChI is InChI=1S/C35H30N2O7S2.Na/c1-20-9-15-29(22(3)17-20)36-24-11-13-26-30(18-24)43-31-19-25(37-34-23(4)21(2)10-16-33(34)45(38,39)40)12-14-27(31)35(26)28-7-5-6-8-32(28)46(41,42)44-35;/h5-19,36-37H,1-4H3,(H,38,39,40);/q;+1/p-1. The van der Waals surface area contributed by atoms with E-state index in [1.807, 2.05) is 39.0 Å². The molecule has 234 valence electrons. The average molecular weight is 677 g/mol. The number of ether oxygens (including phenoxy) is 1. The zero-order chi connectivity index (χ0) is 32.6. The van der Waals surface area contributed by atoms with Crippen molar-refractivity contribution in [2.45, 2.75) is 43.1 Å². The van der Waals surface area contributed by atoms with Gasteiger partial charge in [0.15, 0.2) is 5.60 Å². The van der Waals surface area contributed by atoms with Crippen molar-refractivity contribution in [1.82, 2.24) is 0 Å². The van der Waals surface area contributed by atoms with Crippen molar-refractivity contribution in [3.63, 3.8) is 0 Å². The normalized spacial score (nSPS) is 17.1. The fourth-order valence-corrected chi connectivity index (χ4v) is 8.34. The molecule has 47 heavy (non-hydrogen) atoms. The monoisotopic (exact) mass is 676 g/mol. The number of benzene rings is 5. The van der Waals surface area contributed by atoms with Crippen LogP contribution in [0.15, 0.2) is 101 Å². The Bertz CT molecular complexity index is 2330. The van der Waals surface area contributed by atoms with Crippen LogP contribution in [0, 0.1) is 27.7 Å². The summed E-state index contributed by atoms with van der Waals surface area (Å²) in [7, 11) is -8.94. The second-order valence-corrected chi connectivity index (χ2v) is 14.5. The first kappa shape index (κ1) is 33.2. The molecule has 2 aliphatic heterocycles. The summed E-state index contributed by atoms with van der Waals surface area (Å²) in [5, 5.41) is 6.53. The first-order valence-corrected chi connectivity index (χ1v) is 17.3. The topological polar surface area (TPSA) is 134 Å². The van der Waals surface area contributed by atoms with Crippen molar-refractivity contribution >= 4 is 43.0 Å². The van der Waals surface area contributed by atoms with Gasteiger partial charge in [-0.3, -0.25) is 0 Å². The largest absolute Gasteiger partial charge is 1.00 e.